The predicted octanol–water partition coefficient (Wildman–Crippen LogP) is 4.55. The van der Waals surface area contributed by atoms with Gasteiger partial charge in [0.05, 0.1) is 0 Å². The Morgan fingerprint density at radius 3 is 2.34 bits per heavy atom. The molecule has 0 radical (unpaired) electrons. The van der Waals surface area contributed by atoms with Gasteiger partial charge < -0.3 is 15.1 Å². The van der Waals surface area contributed by atoms with Gasteiger partial charge in [-0.1, -0.05) is 44.9 Å². The van der Waals surface area contributed by atoms with Crippen molar-refractivity contribution in [1.29, 1.82) is 0 Å². The Kier molecular flexibility index (Phi) is 6.14. The van der Waals surface area contributed by atoms with Crippen molar-refractivity contribution in [2.24, 2.45) is 5.92 Å². The van der Waals surface area contributed by atoms with Crippen LogP contribution in [0.1, 0.15) is 49.7 Å². The van der Waals surface area contributed by atoms with Crippen LogP contribution in [0.2, 0.25) is 0 Å². The average molecular weight is 393 g/mol. The molecule has 154 valence electrons. The first-order valence-electron chi connectivity index (χ1n) is 10.9. The van der Waals surface area contributed by atoms with Gasteiger partial charge in [-0.15, -0.1) is 0 Å². The quantitative estimate of drug-likeness (QED) is 0.752. The summed E-state index contributed by atoms with van der Waals surface area (Å²) < 4.78 is 0. The van der Waals surface area contributed by atoms with Gasteiger partial charge in [-0.3, -0.25) is 4.98 Å². The van der Waals surface area contributed by atoms with Gasteiger partial charge in [0.25, 0.3) is 0 Å². The summed E-state index contributed by atoms with van der Waals surface area (Å²) in [4.78, 5) is 21.0. The first-order chi connectivity index (χ1) is 14.2. The fourth-order valence-electron chi connectivity index (χ4n) is 4.36. The van der Waals surface area contributed by atoms with Crippen LogP contribution in [0, 0.1) is 5.92 Å². The number of aromatic nitrogens is 1. The van der Waals surface area contributed by atoms with Gasteiger partial charge in [-0.25, -0.2) is 4.79 Å². The maximum absolute atomic E-state index is 12.5. The highest BCUT2D eigenvalue weighted by Crippen LogP contribution is 2.30. The monoisotopic (exact) mass is 392 g/mol. The number of rotatable bonds is 7. The van der Waals surface area contributed by atoms with Crippen LogP contribution in [0.25, 0.3) is 0 Å². The van der Waals surface area contributed by atoms with Crippen molar-refractivity contribution in [2.75, 3.05) is 38.0 Å². The van der Waals surface area contributed by atoms with Crippen molar-refractivity contribution in [2.45, 2.75) is 38.5 Å². The molecule has 1 aromatic carbocycles. The number of likely N-dealkylation sites (tertiary alicyclic amines) is 2. The van der Waals surface area contributed by atoms with E-state index in [1.54, 1.807) is 6.20 Å². The second kappa shape index (κ2) is 8.95. The second-order valence-electron chi connectivity index (χ2n) is 8.54. The van der Waals surface area contributed by atoms with E-state index < -0.39 is 0 Å². The third kappa shape index (κ3) is 4.61. The number of carbonyl (C=O) groups is 1. The van der Waals surface area contributed by atoms with Crippen LogP contribution in [0.15, 0.2) is 48.8 Å². The zero-order valence-corrected chi connectivity index (χ0v) is 17.6. The lowest BCUT2D eigenvalue weighted by Gasteiger charge is -2.41. The zero-order valence-electron chi connectivity index (χ0n) is 17.6. The molecule has 2 fully saturated rings. The highest BCUT2D eigenvalue weighted by molar-refractivity contribution is 5.90. The maximum Gasteiger partial charge on any atom is 0.321 e. The van der Waals surface area contributed by atoms with E-state index in [0.717, 1.165) is 37.8 Å². The molecule has 4 rings (SSSR count). The number of amides is 2. The molecule has 2 aliphatic heterocycles. The van der Waals surface area contributed by atoms with E-state index in [4.69, 9.17) is 0 Å². The molecular formula is C24H32N4O. The lowest BCUT2D eigenvalue weighted by Crippen LogP contribution is -2.50. The molecule has 1 N–H and O–H groups in total. The minimum atomic E-state index is -0.0158. The molecule has 0 aliphatic carbocycles. The molecule has 2 aromatic rings. The highest BCUT2D eigenvalue weighted by Gasteiger charge is 2.32. The van der Waals surface area contributed by atoms with Crippen LogP contribution in [0.3, 0.4) is 0 Å². The van der Waals surface area contributed by atoms with Crippen LogP contribution in [-0.2, 0) is 0 Å². The van der Waals surface area contributed by atoms with Crippen LogP contribution < -0.4 is 5.32 Å². The molecule has 0 spiro atoms. The second-order valence-corrected chi connectivity index (χ2v) is 8.54. The number of nitrogens with one attached hydrogen (secondary N) is 1. The number of hydrogen-bond donors (Lipinski definition) is 1. The minimum absolute atomic E-state index is 0.0158. The number of anilines is 1. The topological polar surface area (TPSA) is 48.5 Å². The Balaban J connectivity index is 1.22. The summed E-state index contributed by atoms with van der Waals surface area (Å²) in [6.45, 7) is 9.63. The number of carbonyl (C=O) groups excluding carboxylic acids is 1. The molecule has 5 heteroatoms. The summed E-state index contributed by atoms with van der Waals surface area (Å²) in [5.41, 5.74) is 3.46. The van der Waals surface area contributed by atoms with Crippen molar-refractivity contribution in [3.8, 4) is 0 Å². The molecular weight excluding hydrogens is 360 g/mol. The van der Waals surface area contributed by atoms with E-state index >= 15 is 0 Å². The molecule has 0 bridgehead atoms. The number of benzene rings is 1. The Morgan fingerprint density at radius 2 is 1.72 bits per heavy atom. The van der Waals surface area contributed by atoms with Crippen LogP contribution in [-0.4, -0.2) is 53.5 Å². The molecule has 2 aliphatic rings. The van der Waals surface area contributed by atoms with Crippen LogP contribution >= 0.6 is 0 Å². The van der Waals surface area contributed by atoms with Gasteiger partial charge in [0.2, 0.25) is 0 Å². The van der Waals surface area contributed by atoms with E-state index in [-0.39, 0.29) is 6.03 Å². The largest absolute Gasteiger partial charge is 0.323 e. The first kappa shape index (κ1) is 19.9. The van der Waals surface area contributed by atoms with Crippen molar-refractivity contribution in [3.63, 3.8) is 0 Å². The van der Waals surface area contributed by atoms with Crippen LogP contribution in [0.4, 0.5) is 10.5 Å². The molecule has 2 amide bonds. The predicted molar refractivity (Wildman–Crippen MR) is 117 cm³/mol. The van der Waals surface area contributed by atoms with E-state index in [1.807, 2.05) is 29.3 Å². The Bertz CT molecular complexity index is 791. The van der Waals surface area contributed by atoms with Crippen molar-refractivity contribution >= 4 is 11.7 Å². The van der Waals surface area contributed by atoms with E-state index in [9.17, 15) is 4.79 Å². The summed E-state index contributed by atoms with van der Waals surface area (Å²) in [6, 6.07) is 12.4. The fourth-order valence-corrected chi connectivity index (χ4v) is 4.36. The average Bonchev–Trinajstić information content (AvgIpc) is 2.68. The van der Waals surface area contributed by atoms with Gasteiger partial charge >= 0.3 is 6.03 Å². The SMILES string of the molecule is CCC(CC)CN1CC(c2ccc(NC(=O)N3CC(c4cccnc4)C3)cc2)C1. The van der Waals surface area contributed by atoms with E-state index in [0.29, 0.717) is 11.8 Å². The molecule has 2 saturated heterocycles. The van der Waals surface area contributed by atoms with Gasteiger partial charge in [0.1, 0.15) is 0 Å². The smallest absolute Gasteiger partial charge is 0.321 e. The molecule has 0 saturated carbocycles. The van der Waals surface area contributed by atoms with E-state index in [2.05, 4.69) is 47.2 Å². The summed E-state index contributed by atoms with van der Waals surface area (Å²) in [7, 11) is 0. The summed E-state index contributed by atoms with van der Waals surface area (Å²) in [5.74, 6) is 1.86. The lowest BCUT2D eigenvalue weighted by molar-refractivity contribution is 0.121. The minimum Gasteiger partial charge on any atom is -0.323 e. The van der Waals surface area contributed by atoms with Crippen molar-refractivity contribution in [1.82, 2.24) is 14.8 Å². The number of pyridine rings is 1. The van der Waals surface area contributed by atoms with Crippen LogP contribution in [0.5, 0.6) is 0 Å². The molecule has 3 heterocycles. The van der Waals surface area contributed by atoms with Crippen molar-refractivity contribution < 1.29 is 4.79 Å². The lowest BCUT2D eigenvalue weighted by atomic mass is 9.89. The molecule has 5 nitrogen and oxygen atoms in total. The molecule has 29 heavy (non-hydrogen) atoms. The van der Waals surface area contributed by atoms with E-state index in [1.165, 1.54) is 30.5 Å². The third-order valence-corrected chi connectivity index (χ3v) is 6.59. The normalized spacial score (nSPS) is 17.8. The van der Waals surface area contributed by atoms with Crippen molar-refractivity contribution in [3.05, 3.63) is 59.9 Å². The third-order valence-electron chi connectivity index (χ3n) is 6.59. The van der Waals surface area contributed by atoms with Gasteiger partial charge in [0.15, 0.2) is 0 Å². The van der Waals surface area contributed by atoms with Gasteiger partial charge in [0, 0.05) is 62.6 Å². The summed E-state index contributed by atoms with van der Waals surface area (Å²) in [6.07, 6.45) is 6.22. The molecule has 0 atom stereocenters. The first-order valence-corrected chi connectivity index (χ1v) is 10.9. The number of hydrogen-bond acceptors (Lipinski definition) is 3. The Labute approximate surface area is 174 Å². The maximum atomic E-state index is 12.5. The summed E-state index contributed by atoms with van der Waals surface area (Å²) in [5, 5.41) is 3.03. The number of nitrogens with zero attached hydrogens (tertiary/aromatic N) is 3. The number of urea groups is 1. The Hall–Kier alpha value is -2.40. The Morgan fingerprint density at radius 1 is 1.03 bits per heavy atom. The molecule has 0 unspecified atom stereocenters. The highest BCUT2D eigenvalue weighted by atomic mass is 16.2. The molecule has 1 aromatic heterocycles. The fraction of sp³-hybridized carbons (Fsp3) is 0.500. The zero-order chi connectivity index (χ0) is 20.2. The van der Waals surface area contributed by atoms with Gasteiger partial charge in [-0.05, 0) is 35.2 Å². The standard InChI is InChI=1S/C24H32N4O/c1-3-18(4-2)13-27-14-21(15-27)19-7-9-23(10-8-19)26-24(29)28-16-22(17-28)20-6-5-11-25-12-20/h5-12,18,21-22H,3-4,13-17H2,1-2H3,(H,26,29). The van der Waals surface area contributed by atoms with Gasteiger partial charge in [-0.2, -0.15) is 0 Å². The summed E-state index contributed by atoms with van der Waals surface area (Å²) >= 11 is 0.